The van der Waals surface area contributed by atoms with Gasteiger partial charge in [-0.05, 0) is 38.4 Å². The largest absolute Gasteiger partial charge is 0.494 e. The summed E-state index contributed by atoms with van der Waals surface area (Å²) in [5.41, 5.74) is -0.825. The first-order valence-corrected chi connectivity index (χ1v) is 7.96. The number of hydrogen-bond acceptors (Lipinski definition) is 4. The molecule has 1 aromatic rings. The smallest absolute Gasteiger partial charge is 0.235 e. The van der Waals surface area contributed by atoms with Crippen LogP contribution in [0.5, 0.6) is 5.75 Å². The number of amides is 1. The van der Waals surface area contributed by atoms with Crippen molar-refractivity contribution in [3.05, 3.63) is 30.3 Å². The van der Waals surface area contributed by atoms with E-state index in [1.807, 2.05) is 56.1 Å². The predicted octanol–water partition coefficient (Wildman–Crippen LogP) is 2.44. The zero-order chi connectivity index (χ0) is 17.3. The zero-order valence-electron chi connectivity index (χ0n) is 14.5. The lowest BCUT2D eigenvalue weighted by molar-refractivity contribution is -0.123. The van der Waals surface area contributed by atoms with Crippen LogP contribution in [0.4, 0.5) is 0 Å². The third-order valence-electron chi connectivity index (χ3n) is 3.90. The van der Waals surface area contributed by atoms with E-state index >= 15 is 0 Å². The molecular formula is C18H27N3O2. The molecule has 0 saturated carbocycles. The molecule has 5 nitrogen and oxygen atoms in total. The summed E-state index contributed by atoms with van der Waals surface area (Å²) in [6.45, 7) is 7.24. The van der Waals surface area contributed by atoms with Gasteiger partial charge in [0, 0.05) is 6.54 Å². The predicted molar refractivity (Wildman–Crippen MR) is 91.0 cm³/mol. The van der Waals surface area contributed by atoms with Crippen LogP contribution in [0.1, 0.15) is 27.2 Å². The highest BCUT2D eigenvalue weighted by molar-refractivity contribution is 5.79. The van der Waals surface area contributed by atoms with Crippen LogP contribution in [0, 0.1) is 17.2 Å². The van der Waals surface area contributed by atoms with Crippen LogP contribution in [0.2, 0.25) is 0 Å². The summed E-state index contributed by atoms with van der Waals surface area (Å²) in [7, 11) is 1.89. The molecule has 5 heteroatoms. The third-order valence-corrected chi connectivity index (χ3v) is 3.90. The van der Waals surface area contributed by atoms with Crippen molar-refractivity contribution in [1.82, 2.24) is 10.2 Å². The van der Waals surface area contributed by atoms with Crippen molar-refractivity contribution in [1.29, 1.82) is 5.26 Å². The average Bonchev–Trinajstić information content (AvgIpc) is 2.52. The Morgan fingerprint density at radius 3 is 2.61 bits per heavy atom. The number of hydrogen-bond donors (Lipinski definition) is 1. The molecule has 1 amide bonds. The Kier molecular flexibility index (Phi) is 7.56. The highest BCUT2D eigenvalue weighted by Crippen LogP contribution is 2.14. The molecule has 0 heterocycles. The number of nitrogens with one attached hydrogen (secondary N) is 1. The first kappa shape index (κ1) is 19.0. The maximum absolute atomic E-state index is 12.1. The van der Waals surface area contributed by atoms with Crippen LogP contribution >= 0.6 is 0 Å². The molecule has 126 valence electrons. The summed E-state index contributed by atoms with van der Waals surface area (Å²) < 4.78 is 5.62. The SMILES string of the molecule is CC(C)[C@@](C)(C#N)NC(=O)CN(C)CCCOc1ccccc1. The number of likely N-dealkylation sites (N-methyl/N-ethyl adjacent to an activating group) is 1. The van der Waals surface area contributed by atoms with Crippen LogP contribution in [0.15, 0.2) is 30.3 Å². The molecule has 1 rings (SSSR count). The van der Waals surface area contributed by atoms with Gasteiger partial charge >= 0.3 is 0 Å². The molecule has 0 bridgehead atoms. The van der Waals surface area contributed by atoms with E-state index in [9.17, 15) is 10.1 Å². The van der Waals surface area contributed by atoms with Gasteiger partial charge in [-0.1, -0.05) is 32.0 Å². The molecule has 0 fully saturated rings. The van der Waals surface area contributed by atoms with Gasteiger partial charge in [-0.25, -0.2) is 0 Å². The van der Waals surface area contributed by atoms with Crippen molar-refractivity contribution in [2.24, 2.45) is 5.92 Å². The number of benzene rings is 1. The average molecular weight is 317 g/mol. The van der Waals surface area contributed by atoms with Crippen molar-refractivity contribution >= 4 is 5.91 Å². The molecule has 0 aromatic heterocycles. The lowest BCUT2D eigenvalue weighted by Gasteiger charge is -2.28. The lowest BCUT2D eigenvalue weighted by atomic mass is 9.90. The van der Waals surface area contributed by atoms with Crippen molar-refractivity contribution in [3.8, 4) is 11.8 Å². The Labute approximate surface area is 139 Å². The van der Waals surface area contributed by atoms with E-state index in [4.69, 9.17) is 4.74 Å². The summed E-state index contributed by atoms with van der Waals surface area (Å²) in [5, 5.41) is 12.0. The van der Waals surface area contributed by atoms with Crippen molar-refractivity contribution in [3.63, 3.8) is 0 Å². The van der Waals surface area contributed by atoms with E-state index in [0.29, 0.717) is 6.61 Å². The Morgan fingerprint density at radius 1 is 1.39 bits per heavy atom. The van der Waals surface area contributed by atoms with Gasteiger partial charge in [0.1, 0.15) is 11.3 Å². The van der Waals surface area contributed by atoms with Gasteiger partial charge in [-0.15, -0.1) is 0 Å². The normalized spacial score (nSPS) is 13.4. The summed E-state index contributed by atoms with van der Waals surface area (Å²) >= 11 is 0. The molecule has 0 aliphatic rings. The number of para-hydroxylation sites is 1. The van der Waals surface area contributed by atoms with Gasteiger partial charge in [0.15, 0.2) is 0 Å². The summed E-state index contributed by atoms with van der Waals surface area (Å²) in [6.07, 6.45) is 0.832. The standard InChI is InChI=1S/C18H27N3O2/c1-15(2)18(3,14-19)20-17(22)13-21(4)11-8-12-23-16-9-6-5-7-10-16/h5-7,9-10,15H,8,11-13H2,1-4H3,(H,20,22)/t18-/m1/s1. The molecule has 0 aliphatic heterocycles. The Hall–Kier alpha value is -2.06. The maximum atomic E-state index is 12.1. The highest BCUT2D eigenvalue weighted by atomic mass is 16.5. The molecule has 23 heavy (non-hydrogen) atoms. The molecular weight excluding hydrogens is 290 g/mol. The van der Waals surface area contributed by atoms with E-state index in [-0.39, 0.29) is 18.4 Å². The molecule has 0 radical (unpaired) electrons. The molecule has 0 unspecified atom stereocenters. The maximum Gasteiger partial charge on any atom is 0.235 e. The quantitative estimate of drug-likeness (QED) is 0.711. The second kappa shape index (κ2) is 9.16. The van der Waals surface area contributed by atoms with Gasteiger partial charge in [0.05, 0.1) is 19.2 Å². The van der Waals surface area contributed by atoms with Gasteiger partial charge in [0.25, 0.3) is 0 Å². The number of nitrogens with zero attached hydrogens (tertiary/aromatic N) is 2. The molecule has 0 spiro atoms. The van der Waals surface area contributed by atoms with Gasteiger partial charge in [-0.2, -0.15) is 5.26 Å². The Bertz CT molecular complexity index is 525. The number of nitriles is 1. The van der Waals surface area contributed by atoms with Crippen molar-refractivity contribution in [2.45, 2.75) is 32.7 Å². The number of rotatable bonds is 9. The van der Waals surface area contributed by atoms with E-state index in [1.54, 1.807) is 6.92 Å². The van der Waals surface area contributed by atoms with Gasteiger partial charge in [0.2, 0.25) is 5.91 Å². The number of carbonyl (C=O) groups excluding carboxylic acids is 1. The fourth-order valence-electron chi connectivity index (χ4n) is 2.00. The van der Waals surface area contributed by atoms with Gasteiger partial charge < -0.3 is 10.1 Å². The summed E-state index contributed by atoms with van der Waals surface area (Å²) in [4.78, 5) is 14.0. The van der Waals surface area contributed by atoms with Crippen LogP contribution in [-0.2, 0) is 4.79 Å². The highest BCUT2D eigenvalue weighted by Gasteiger charge is 2.29. The van der Waals surface area contributed by atoms with Crippen LogP contribution in [-0.4, -0.2) is 43.1 Å². The van der Waals surface area contributed by atoms with Crippen molar-refractivity contribution < 1.29 is 9.53 Å². The Balaban J connectivity index is 2.27. The number of carbonyl (C=O) groups is 1. The monoisotopic (exact) mass is 317 g/mol. The second-order valence-corrected chi connectivity index (χ2v) is 6.27. The lowest BCUT2D eigenvalue weighted by Crippen LogP contribution is -2.51. The van der Waals surface area contributed by atoms with E-state index in [0.717, 1.165) is 18.7 Å². The Morgan fingerprint density at radius 2 is 2.04 bits per heavy atom. The third kappa shape index (κ3) is 6.70. The summed E-state index contributed by atoms with van der Waals surface area (Å²) in [5.74, 6) is 0.782. The van der Waals surface area contributed by atoms with E-state index in [1.165, 1.54) is 0 Å². The van der Waals surface area contributed by atoms with Crippen LogP contribution in [0.25, 0.3) is 0 Å². The molecule has 1 N–H and O–H groups in total. The minimum absolute atomic E-state index is 0.0565. The fourth-order valence-corrected chi connectivity index (χ4v) is 2.00. The van der Waals surface area contributed by atoms with Crippen LogP contribution in [0.3, 0.4) is 0 Å². The summed E-state index contributed by atoms with van der Waals surface area (Å²) in [6, 6.07) is 11.9. The van der Waals surface area contributed by atoms with Crippen LogP contribution < -0.4 is 10.1 Å². The topological polar surface area (TPSA) is 65.4 Å². The van der Waals surface area contributed by atoms with E-state index < -0.39 is 5.54 Å². The molecule has 0 saturated heterocycles. The minimum atomic E-state index is -0.825. The van der Waals surface area contributed by atoms with Crippen molar-refractivity contribution in [2.75, 3.05) is 26.7 Å². The molecule has 1 aromatic carbocycles. The molecule has 0 aliphatic carbocycles. The minimum Gasteiger partial charge on any atom is -0.494 e. The fraction of sp³-hybridized carbons (Fsp3) is 0.556. The molecule has 1 atom stereocenters. The number of ether oxygens (including phenoxy) is 1. The first-order valence-electron chi connectivity index (χ1n) is 7.96. The van der Waals surface area contributed by atoms with Gasteiger partial charge in [-0.3, -0.25) is 9.69 Å². The zero-order valence-corrected chi connectivity index (χ0v) is 14.5. The van der Waals surface area contributed by atoms with E-state index in [2.05, 4.69) is 11.4 Å². The first-order chi connectivity index (χ1) is 10.9. The second-order valence-electron chi connectivity index (χ2n) is 6.27.